The minimum absolute atomic E-state index is 0.197. The second kappa shape index (κ2) is 6.50. The molecule has 0 heterocycles. The lowest BCUT2D eigenvalue weighted by molar-refractivity contribution is 0.228. The van der Waals surface area contributed by atoms with Crippen LogP contribution in [0.1, 0.15) is 20.8 Å². The molecule has 1 aromatic rings. The Morgan fingerprint density at radius 2 is 2.11 bits per heavy atom. The lowest BCUT2D eigenvalue weighted by Gasteiger charge is -2.20. The lowest BCUT2D eigenvalue weighted by Crippen LogP contribution is -2.47. The third kappa shape index (κ3) is 6.35. The van der Waals surface area contributed by atoms with Crippen molar-refractivity contribution in [2.45, 2.75) is 26.3 Å². The number of amides is 2. The quantitative estimate of drug-likeness (QED) is 0.827. The van der Waals surface area contributed by atoms with Crippen LogP contribution in [0.2, 0.25) is 5.02 Å². The Morgan fingerprint density at radius 1 is 1.39 bits per heavy atom. The van der Waals surface area contributed by atoms with E-state index in [1.54, 1.807) is 12.1 Å². The average Bonchev–Trinajstić information content (AvgIpc) is 2.22. The number of hydrogen-bond acceptors (Lipinski definition) is 2. The van der Waals surface area contributed by atoms with Crippen LogP contribution in [0.15, 0.2) is 24.3 Å². The van der Waals surface area contributed by atoms with Crippen LogP contribution >= 0.6 is 11.6 Å². The summed E-state index contributed by atoms with van der Waals surface area (Å²) in [6.07, 6.45) is 0. The predicted molar refractivity (Wildman–Crippen MR) is 73.2 cm³/mol. The van der Waals surface area contributed by atoms with Gasteiger partial charge < -0.3 is 15.4 Å². The van der Waals surface area contributed by atoms with Crippen molar-refractivity contribution in [3.63, 3.8) is 0 Å². The van der Waals surface area contributed by atoms with E-state index in [9.17, 15) is 4.79 Å². The molecule has 0 atom stereocenters. The van der Waals surface area contributed by atoms with Gasteiger partial charge in [0.25, 0.3) is 0 Å². The van der Waals surface area contributed by atoms with Crippen molar-refractivity contribution in [3.05, 3.63) is 29.3 Å². The van der Waals surface area contributed by atoms with Crippen LogP contribution in [0.25, 0.3) is 0 Å². The first kappa shape index (κ1) is 14.6. The fourth-order valence-electron chi connectivity index (χ4n) is 1.28. The summed E-state index contributed by atoms with van der Waals surface area (Å²) in [5.41, 5.74) is -0.238. The minimum atomic E-state index is -0.238. The van der Waals surface area contributed by atoms with Crippen LogP contribution in [0.5, 0.6) is 5.75 Å². The van der Waals surface area contributed by atoms with Gasteiger partial charge in [0, 0.05) is 10.6 Å². The third-order valence-corrected chi connectivity index (χ3v) is 2.18. The highest BCUT2D eigenvalue weighted by Crippen LogP contribution is 2.16. The number of hydrogen-bond donors (Lipinski definition) is 2. The Balaban J connectivity index is 2.21. The highest BCUT2D eigenvalue weighted by molar-refractivity contribution is 6.30. The molecule has 0 aliphatic rings. The second-order valence-corrected chi connectivity index (χ2v) is 5.37. The van der Waals surface area contributed by atoms with Gasteiger partial charge in [-0.15, -0.1) is 0 Å². The van der Waals surface area contributed by atoms with E-state index >= 15 is 0 Å². The maximum absolute atomic E-state index is 11.4. The van der Waals surface area contributed by atoms with Crippen molar-refractivity contribution in [1.82, 2.24) is 10.6 Å². The van der Waals surface area contributed by atoms with E-state index in [2.05, 4.69) is 10.6 Å². The summed E-state index contributed by atoms with van der Waals surface area (Å²) in [6.45, 7) is 6.62. The van der Waals surface area contributed by atoms with Crippen LogP contribution in [0.4, 0.5) is 4.79 Å². The molecule has 0 aromatic heterocycles. The first-order valence-electron chi connectivity index (χ1n) is 5.81. The van der Waals surface area contributed by atoms with Gasteiger partial charge in [0.2, 0.25) is 0 Å². The number of benzene rings is 1. The fourth-order valence-corrected chi connectivity index (χ4v) is 1.46. The number of rotatable bonds is 4. The van der Waals surface area contributed by atoms with Crippen molar-refractivity contribution in [2.24, 2.45) is 0 Å². The van der Waals surface area contributed by atoms with Gasteiger partial charge in [-0.3, -0.25) is 0 Å². The summed E-state index contributed by atoms with van der Waals surface area (Å²) >= 11 is 5.82. The maximum atomic E-state index is 11.4. The molecule has 0 fully saturated rings. The maximum Gasteiger partial charge on any atom is 0.315 e. The fraction of sp³-hybridized carbons (Fsp3) is 0.462. The van der Waals surface area contributed by atoms with E-state index in [1.807, 2.05) is 32.9 Å². The van der Waals surface area contributed by atoms with Gasteiger partial charge >= 0.3 is 6.03 Å². The number of halogens is 1. The molecular formula is C13H19ClN2O2. The van der Waals surface area contributed by atoms with Crippen molar-refractivity contribution in [1.29, 1.82) is 0 Å². The third-order valence-electron chi connectivity index (χ3n) is 1.94. The molecule has 4 nitrogen and oxygen atoms in total. The highest BCUT2D eigenvalue weighted by Gasteiger charge is 2.12. The zero-order valence-electron chi connectivity index (χ0n) is 10.9. The van der Waals surface area contributed by atoms with Gasteiger partial charge in [0.05, 0.1) is 6.54 Å². The van der Waals surface area contributed by atoms with Crippen molar-refractivity contribution >= 4 is 17.6 Å². The summed E-state index contributed by atoms with van der Waals surface area (Å²) in [5, 5.41) is 6.15. The molecule has 2 N–H and O–H groups in total. The summed E-state index contributed by atoms with van der Waals surface area (Å²) in [5.74, 6) is 0.695. The zero-order valence-corrected chi connectivity index (χ0v) is 11.7. The largest absolute Gasteiger partial charge is 0.492 e. The van der Waals surface area contributed by atoms with E-state index < -0.39 is 0 Å². The average molecular weight is 271 g/mol. The van der Waals surface area contributed by atoms with E-state index in [1.165, 1.54) is 0 Å². The van der Waals surface area contributed by atoms with Crippen LogP contribution in [0, 0.1) is 0 Å². The Labute approximate surface area is 113 Å². The molecule has 0 unspecified atom stereocenters. The van der Waals surface area contributed by atoms with Crippen LogP contribution in [-0.2, 0) is 0 Å². The Kier molecular flexibility index (Phi) is 5.28. The molecule has 0 spiro atoms. The number of carbonyl (C=O) groups excluding carboxylic acids is 1. The van der Waals surface area contributed by atoms with E-state index in [0.717, 1.165) is 0 Å². The normalized spacial score (nSPS) is 10.9. The molecule has 1 aromatic carbocycles. The van der Waals surface area contributed by atoms with Crippen molar-refractivity contribution in [2.75, 3.05) is 13.2 Å². The summed E-state index contributed by atoms with van der Waals surface area (Å²) in [7, 11) is 0. The van der Waals surface area contributed by atoms with Crippen molar-refractivity contribution < 1.29 is 9.53 Å². The summed E-state index contributed by atoms with van der Waals surface area (Å²) in [4.78, 5) is 11.4. The van der Waals surface area contributed by atoms with Crippen molar-refractivity contribution in [3.8, 4) is 5.75 Å². The molecule has 0 saturated heterocycles. The first-order chi connectivity index (χ1) is 8.37. The van der Waals surface area contributed by atoms with Crippen LogP contribution in [-0.4, -0.2) is 24.7 Å². The summed E-state index contributed by atoms with van der Waals surface area (Å²) < 4.78 is 5.44. The number of carbonyl (C=O) groups is 1. The first-order valence-corrected chi connectivity index (χ1v) is 6.19. The van der Waals surface area contributed by atoms with Gasteiger partial charge in [-0.25, -0.2) is 4.79 Å². The number of urea groups is 1. The Morgan fingerprint density at radius 3 is 2.72 bits per heavy atom. The van der Waals surface area contributed by atoms with Crippen LogP contribution < -0.4 is 15.4 Å². The second-order valence-electron chi connectivity index (χ2n) is 4.94. The molecule has 0 aliphatic heterocycles. The topological polar surface area (TPSA) is 50.4 Å². The molecular weight excluding hydrogens is 252 g/mol. The predicted octanol–water partition coefficient (Wildman–Crippen LogP) is 2.82. The van der Waals surface area contributed by atoms with E-state index in [-0.39, 0.29) is 11.6 Å². The standard InChI is InChI=1S/C13H19ClN2O2/c1-13(2,3)16-12(17)15-7-8-18-11-6-4-5-10(14)9-11/h4-6,9H,7-8H2,1-3H3,(H2,15,16,17). The Bertz CT molecular complexity index is 402. The summed E-state index contributed by atoms with van der Waals surface area (Å²) in [6, 6.07) is 6.95. The molecule has 2 amide bonds. The molecule has 0 aliphatic carbocycles. The molecule has 100 valence electrons. The Hall–Kier alpha value is -1.42. The highest BCUT2D eigenvalue weighted by atomic mass is 35.5. The van der Waals surface area contributed by atoms with Gasteiger partial charge in [-0.2, -0.15) is 0 Å². The van der Waals surface area contributed by atoms with Gasteiger partial charge in [0.1, 0.15) is 12.4 Å². The molecule has 0 radical (unpaired) electrons. The molecule has 0 bridgehead atoms. The lowest BCUT2D eigenvalue weighted by atomic mass is 10.1. The molecule has 0 saturated carbocycles. The van der Waals surface area contributed by atoms with Gasteiger partial charge in [-0.05, 0) is 39.0 Å². The monoisotopic (exact) mass is 270 g/mol. The van der Waals surface area contributed by atoms with Crippen LogP contribution in [0.3, 0.4) is 0 Å². The zero-order chi connectivity index (χ0) is 13.6. The number of ether oxygens (including phenoxy) is 1. The minimum Gasteiger partial charge on any atom is -0.492 e. The van der Waals surface area contributed by atoms with Gasteiger partial charge in [0.15, 0.2) is 0 Å². The van der Waals surface area contributed by atoms with E-state index in [0.29, 0.717) is 23.9 Å². The molecule has 18 heavy (non-hydrogen) atoms. The smallest absolute Gasteiger partial charge is 0.315 e. The molecule has 5 heteroatoms. The van der Waals surface area contributed by atoms with E-state index in [4.69, 9.17) is 16.3 Å². The number of nitrogens with one attached hydrogen (secondary N) is 2. The SMILES string of the molecule is CC(C)(C)NC(=O)NCCOc1cccc(Cl)c1. The molecule has 1 rings (SSSR count). The van der Waals surface area contributed by atoms with Gasteiger partial charge in [-0.1, -0.05) is 17.7 Å².